The third kappa shape index (κ3) is 4.27. The number of likely N-dealkylation sites (tertiary alicyclic amines) is 1. The van der Waals surface area contributed by atoms with Crippen LogP contribution in [-0.4, -0.2) is 69.7 Å². The van der Waals surface area contributed by atoms with Gasteiger partial charge in [0.05, 0.1) is 31.4 Å². The van der Waals surface area contributed by atoms with Gasteiger partial charge >= 0.3 is 0 Å². The Morgan fingerprint density at radius 3 is 2.58 bits per heavy atom. The van der Waals surface area contributed by atoms with E-state index in [1.165, 1.54) is 13.0 Å². The molecule has 1 atom stereocenters. The summed E-state index contributed by atoms with van der Waals surface area (Å²) in [4.78, 5) is 26.6. The predicted molar refractivity (Wildman–Crippen MR) is 101 cm³/mol. The third-order valence-corrected chi connectivity index (χ3v) is 5.61. The molecule has 1 unspecified atom stereocenters. The molecule has 1 aromatic carbocycles. The maximum atomic E-state index is 14.2. The number of carbonyl (C=O) groups is 2. The third-order valence-electron chi connectivity index (χ3n) is 5.09. The summed E-state index contributed by atoms with van der Waals surface area (Å²) in [5.74, 6) is -6.20. The first-order valence-electron chi connectivity index (χ1n) is 9.27. The molecule has 0 aliphatic carbocycles. The highest BCUT2D eigenvalue weighted by Gasteiger charge is 2.50. The summed E-state index contributed by atoms with van der Waals surface area (Å²) in [5.41, 5.74) is -0.103. The Morgan fingerprint density at radius 1 is 1.19 bits per heavy atom. The van der Waals surface area contributed by atoms with Crippen LogP contribution >= 0.6 is 11.7 Å². The molecule has 0 saturated carbocycles. The molecule has 2 aliphatic rings. The minimum Gasteiger partial charge on any atom is -0.487 e. The Balaban J connectivity index is 1.37. The van der Waals surface area contributed by atoms with Gasteiger partial charge in [0.1, 0.15) is 17.9 Å². The summed E-state index contributed by atoms with van der Waals surface area (Å²) >= 11 is 0.758. The lowest BCUT2D eigenvalue weighted by Crippen LogP contribution is -2.55. The zero-order chi connectivity index (χ0) is 22.3. The number of nitrogens with one attached hydrogen (secondary N) is 1. The SMILES string of the molecule is CC(=O)N1CC(NC(=O)c2nsnc2N2CC(Oc3ccc(F)c(F)c3)C2)C(F)(F)C1. The Kier molecular flexibility index (Phi) is 5.45. The van der Waals surface area contributed by atoms with Crippen LogP contribution in [0.3, 0.4) is 0 Å². The Hall–Kier alpha value is -2.96. The van der Waals surface area contributed by atoms with Crippen molar-refractivity contribution in [2.75, 3.05) is 31.1 Å². The average molecular weight is 459 g/mol. The van der Waals surface area contributed by atoms with E-state index in [4.69, 9.17) is 4.74 Å². The molecule has 3 heterocycles. The highest BCUT2D eigenvalue weighted by atomic mass is 32.1. The number of rotatable bonds is 5. The molecule has 4 rings (SSSR count). The smallest absolute Gasteiger partial charge is 0.286 e. The number of alkyl halides is 2. The number of hydrogen-bond acceptors (Lipinski definition) is 7. The fourth-order valence-corrected chi connectivity index (χ4v) is 3.93. The van der Waals surface area contributed by atoms with Gasteiger partial charge in [-0.1, -0.05) is 0 Å². The number of aromatic nitrogens is 2. The van der Waals surface area contributed by atoms with Crippen LogP contribution < -0.4 is 15.0 Å². The van der Waals surface area contributed by atoms with Crippen LogP contribution in [0.15, 0.2) is 18.2 Å². The van der Waals surface area contributed by atoms with Gasteiger partial charge in [-0.2, -0.15) is 8.75 Å². The number of ether oxygens (including phenoxy) is 1. The molecule has 8 nitrogen and oxygen atoms in total. The highest BCUT2D eigenvalue weighted by molar-refractivity contribution is 6.99. The molecule has 1 N–H and O–H groups in total. The van der Waals surface area contributed by atoms with E-state index in [1.807, 2.05) is 0 Å². The van der Waals surface area contributed by atoms with Gasteiger partial charge in [-0.15, -0.1) is 0 Å². The number of hydrogen-bond donors (Lipinski definition) is 1. The molecule has 0 bridgehead atoms. The van der Waals surface area contributed by atoms with E-state index >= 15 is 0 Å². The molecule has 166 valence electrons. The van der Waals surface area contributed by atoms with Crippen molar-refractivity contribution in [2.24, 2.45) is 0 Å². The van der Waals surface area contributed by atoms with Gasteiger partial charge in [0.2, 0.25) is 5.91 Å². The van der Waals surface area contributed by atoms with Crippen LogP contribution in [0.25, 0.3) is 0 Å². The maximum Gasteiger partial charge on any atom is 0.286 e. The van der Waals surface area contributed by atoms with Crippen molar-refractivity contribution in [3.05, 3.63) is 35.5 Å². The van der Waals surface area contributed by atoms with Crippen LogP contribution in [0.4, 0.5) is 23.4 Å². The molecule has 2 aliphatic heterocycles. The topological polar surface area (TPSA) is 87.7 Å². The molecule has 0 spiro atoms. The largest absolute Gasteiger partial charge is 0.487 e. The highest BCUT2D eigenvalue weighted by Crippen LogP contribution is 2.30. The molecule has 2 amide bonds. The molecule has 13 heteroatoms. The zero-order valence-corrected chi connectivity index (χ0v) is 17.0. The Labute approximate surface area is 178 Å². The van der Waals surface area contributed by atoms with Gasteiger partial charge in [0.25, 0.3) is 11.8 Å². The summed E-state index contributed by atoms with van der Waals surface area (Å²) in [6, 6.07) is 1.67. The van der Waals surface area contributed by atoms with Crippen molar-refractivity contribution in [3.63, 3.8) is 0 Å². The fraction of sp³-hybridized carbons (Fsp3) is 0.444. The second-order valence-corrected chi connectivity index (χ2v) is 7.87. The first-order chi connectivity index (χ1) is 14.6. The van der Waals surface area contributed by atoms with E-state index in [0.717, 1.165) is 28.8 Å². The molecular formula is C18H17F4N5O3S. The van der Waals surface area contributed by atoms with Gasteiger partial charge in [0.15, 0.2) is 23.1 Å². The summed E-state index contributed by atoms with van der Waals surface area (Å²) in [5, 5.41) is 2.25. The van der Waals surface area contributed by atoms with Gasteiger partial charge in [0, 0.05) is 19.5 Å². The van der Waals surface area contributed by atoms with Gasteiger partial charge in [-0.3, -0.25) is 9.59 Å². The molecule has 2 saturated heterocycles. The number of halogens is 4. The molecule has 1 aromatic heterocycles. The van der Waals surface area contributed by atoms with Crippen molar-refractivity contribution in [1.82, 2.24) is 19.0 Å². The molecular weight excluding hydrogens is 442 g/mol. The van der Waals surface area contributed by atoms with E-state index < -0.39 is 42.0 Å². The van der Waals surface area contributed by atoms with Gasteiger partial charge in [-0.05, 0) is 12.1 Å². The molecule has 31 heavy (non-hydrogen) atoms. The summed E-state index contributed by atoms with van der Waals surface area (Å²) < 4.78 is 68.1. The fourth-order valence-electron chi connectivity index (χ4n) is 3.36. The monoisotopic (exact) mass is 459 g/mol. The van der Waals surface area contributed by atoms with E-state index in [0.29, 0.717) is 13.1 Å². The molecule has 2 fully saturated rings. The second-order valence-electron chi connectivity index (χ2n) is 7.34. The van der Waals surface area contributed by atoms with E-state index in [2.05, 4.69) is 14.1 Å². The van der Waals surface area contributed by atoms with Crippen LogP contribution in [0.1, 0.15) is 17.4 Å². The standard InChI is InChI=1S/C18H17F4N5O3S/c1-9(28)27-7-14(18(21,22)8-27)23-17(29)15-16(25-31-24-15)26-5-11(6-26)30-10-2-3-12(19)13(20)4-10/h2-4,11,14H,5-8H2,1H3,(H,23,29). The lowest BCUT2D eigenvalue weighted by atomic mass is 10.1. The quantitative estimate of drug-likeness (QED) is 0.685. The second kappa shape index (κ2) is 7.94. The molecule has 2 aromatic rings. The average Bonchev–Trinajstić information content (AvgIpc) is 3.25. The normalized spacial score (nSPS) is 20.5. The van der Waals surface area contributed by atoms with E-state index in [1.54, 1.807) is 4.90 Å². The van der Waals surface area contributed by atoms with Crippen molar-refractivity contribution in [3.8, 4) is 5.75 Å². The lowest BCUT2D eigenvalue weighted by molar-refractivity contribution is -0.129. The zero-order valence-electron chi connectivity index (χ0n) is 16.1. The summed E-state index contributed by atoms with van der Waals surface area (Å²) in [6.45, 7) is 0.718. The van der Waals surface area contributed by atoms with Gasteiger partial charge < -0.3 is 19.9 Å². The number of benzene rings is 1. The first kappa shape index (κ1) is 21.3. The van der Waals surface area contributed by atoms with Crippen molar-refractivity contribution < 1.29 is 31.9 Å². The van der Waals surface area contributed by atoms with E-state index in [9.17, 15) is 27.2 Å². The summed E-state index contributed by atoms with van der Waals surface area (Å²) in [7, 11) is 0. The molecule has 0 radical (unpaired) electrons. The van der Waals surface area contributed by atoms with Crippen LogP contribution in [0.2, 0.25) is 0 Å². The number of anilines is 1. The number of nitrogens with zero attached hydrogens (tertiary/aromatic N) is 4. The minimum atomic E-state index is -3.26. The van der Waals surface area contributed by atoms with Crippen LogP contribution in [0, 0.1) is 11.6 Å². The minimum absolute atomic E-state index is 0.103. The van der Waals surface area contributed by atoms with Crippen molar-refractivity contribution >= 4 is 29.4 Å². The van der Waals surface area contributed by atoms with Crippen molar-refractivity contribution in [1.29, 1.82) is 0 Å². The van der Waals surface area contributed by atoms with Crippen LogP contribution in [0.5, 0.6) is 5.75 Å². The first-order valence-corrected chi connectivity index (χ1v) is 10.0. The number of amides is 2. The van der Waals surface area contributed by atoms with Gasteiger partial charge in [-0.25, -0.2) is 17.6 Å². The number of carbonyl (C=O) groups excluding carboxylic acids is 2. The van der Waals surface area contributed by atoms with Crippen LogP contribution in [-0.2, 0) is 4.79 Å². The van der Waals surface area contributed by atoms with E-state index in [-0.39, 0.29) is 29.9 Å². The summed E-state index contributed by atoms with van der Waals surface area (Å²) in [6.07, 6.45) is -0.356. The van der Waals surface area contributed by atoms with Crippen molar-refractivity contribution in [2.45, 2.75) is 25.0 Å². The Bertz CT molecular complexity index is 1010. The maximum absolute atomic E-state index is 14.2. The predicted octanol–water partition coefficient (Wildman–Crippen LogP) is 1.68. The Morgan fingerprint density at radius 2 is 1.94 bits per heavy atom. The lowest BCUT2D eigenvalue weighted by Gasteiger charge is -2.39.